The van der Waals surface area contributed by atoms with E-state index in [1.807, 2.05) is 0 Å². The average Bonchev–Trinajstić information content (AvgIpc) is 2.07. The Hall–Kier alpha value is -2.01. The van der Waals surface area contributed by atoms with E-state index in [9.17, 15) is 4.79 Å². The molecule has 62 valence electrons. The second kappa shape index (κ2) is 4.75. The number of nitrogens with zero attached hydrogens (tertiary/aromatic N) is 2. The molecule has 0 aliphatic rings. The zero-order valence-corrected chi connectivity index (χ0v) is 6.50. The molecule has 0 spiro atoms. The van der Waals surface area contributed by atoms with E-state index in [0.717, 1.165) is 0 Å². The fourth-order valence-electron chi connectivity index (χ4n) is 0.456. The Morgan fingerprint density at radius 2 is 2.00 bits per heavy atom. The van der Waals surface area contributed by atoms with E-state index in [2.05, 4.69) is 4.74 Å². The Kier molecular flexibility index (Phi) is 3.96. The molecule has 0 radical (unpaired) electrons. The molecule has 0 amide bonds. The van der Waals surface area contributed by atoms with E-state index in [-0.39, 0.29) is 6.61 Å². The number of ether oxygens (including phenoxy) is 1. The maximum Gasteiger partial charge on any atom is 0.356 e. The zero-order chi connectivity index (χ0) is 9.56. The monoisotopic (exact) mass is 165 g/mol. The van der Waals surface area contributed by atoms with Crippen LogP contribution in [0.1, 0.15) is 6.92 Å². The normalized spacial score (nSPS) is 7.58. The number of nitrogens with two attached hydrogens (primary N) is 1. The van der Waals surface area contributed by atoms with Crippen LogP contribution in [0.25, 0.3) is 0 Å². The van der Waals surface area contributed by atoms with Gasteiger partial charge in [0.15, 0.2) is 5.57 Å². The van der Waals surface area contributed by atoms with Crippen molar-refractivity contribution in [2.75, 3.05) is 6.61 Å². The first-order valence-electron chi connectivity index (χ1n) is 3.14. The molecule has 0 aliphatic carbocycles. The lowest BCUT2D eigenvalue weighted by Gasteiger charge is -1.99. The van der Waals surface area contributed by atoms with Gasteiger partial charge in [0.25, 0.3) is 0 Å². The highest BCUT2D eigenvalue weighted by Crippen LogP contribution is 1.97. The molecule has 0 heterocycles. The van der Waals surface area contributed by atoms with Crippen molar-refractivity contribution in [3.05, 3.63) is 11.3 Å². The summed E-state index contributed by atoms with van der Waals surface area (Å²) in [4.78, 5) is 10.8. The molecular weight excluding hydrogens is 158 g/mol. The van der Waals surface area contributed by atoms with Gasteiger partial charge in [-0.25, -0.2) is 4.79 Å². The van der Waals surface area contributed by atoms with Gasteiger partial charge in [0, 0.05) is 0 Å². The van der Waals surface area contributed by atoms with E-state index >= 15 is 0 Å². The third-order valence-electron chi connectivity index (χ3n) is 0.988. The van der Waals surface area contributed by atoms with Gasteiger partial charge in [0.1, 0.15) is 17.8 Å². The third kappa shape index (κ3) is 2.31. The minimum Gasteiger partial charge on any atom is -0.461 e. The van der Waals surface area contributed by atoms with Crippen LogP contribution in [0.3, 0.4) is 0 Å². The first-order valence-corrected chi connectivity index (χ1v) is 3.14. The third-order valence-corrected chi connectivity index (χ3v) is 0.988. The van der Waals surface area contributed by atoms with Crippen LogP contribution in [0.5, 0.6) is 0 Å². The summed E-state index contributed by atoms with van der Waals surface area (Å²) in [7, 11) is 0. The van der Waals surface area contributed by atoms with Crippen LogP contribution in [0, 0.1) is 22.7 Å². The highest BCUT2D eigenvalue weighted by molar-refractivity contribution is 5.90. The molecule has 0 atom stereocenters. The lowest BCUT2D eigenvalue weighted by molar-refractivity contribution is -0.138. The van der Waals surface area contributed by atoms with Gasteiger partial charge in [0.2, 0.25) is 0 Å². The summed E-state index contributed by atoms with van der Waals surface area (Å²) < 4.78 is 4.46. The summed E-state index contributed by atoms with van der Waals surface area (Å²) in [5, 5.41) is 16.6. The number of hydrogen-bond acceptors (Lipinski definition) is 5. The molecule has 0 aromatic rings. The van der Waals surface area contributed by atoms with Crippen LogP contribution in [0.15, 0.2) is 11.3 Å². The van der Waals surface area contributed by atoms with Gasteiger partial charge in [-0.2, -0.15) is 10.5 Å². The van der Waals surface area contributed by atoms with E-state index in [1.54, 1.807) is 6.92 Å². The highest BCUT2D eigenvalue weighted by Gasteiger charge is 2.11. The predicted molar refractivity (Wildman–Crippen MR) is 39.1 cm³/mol. The topological polar surface area (TPSA) is 99.9 Å². The number of nitriles is 2. The molecule has 0 saturated heterocycles. The summed E-state index contributed by atoms with van der Waals surface area (Å²) >= 11 is 0. The molecule has 0 saturated carbocycles. The summed E-state index contributed by atoms with van der Waals surface area (Å²) in [6, 6.07) is 2.97. The summed E-state index contributed by atoms with van der Waals surface area (Å²) in [6.45, 7) is 1.76. The van der Waals surface area contributed by atoms with Crippen molar-refractivity contribution in [2.45, 2.75) is 6.92 Å². The smallest absolute Gasteiger partial charge is 0.356 e. The Labute approximate surface area is 69.6 Å². The number of hydrogen-bond donors (Lipinski definition) is 1. The fraction of sp³-hybridized carbons (Fsp3) is 0.286. The van der Waals surface area contributed by atoms with E-state index in [1.165, 1.54) is 12.1 Å². The van der Waals surface area contributed by atoms with Crippen LogP contribution >= 0.6 is 0 Å². The number of esters is 1. The zero-order valence-electron chi connectivity index (χ0n) is 6.50. The first-order chi connectivity index (χ1) is 5.67. The van der Waals surface area contributed by atoms with Gasteiger partial charge in [0.05, 0.1) is 6.61 Å². The van der Waals surface area contributed by atoms with Gasteiger partial charge >= 0.3 is 5.97 Å². The molecule has 12 heavy (non-hydrogen) atoms. The summed E-state index contributed by atoms with van der Waals surface area (Å²) in [5.74, 6) is -0.837. The average molecular weight is 165 g/mol. The summed E-state index contributed by atoms with van der Waals surface area (Å²) in [6.07, 6.45) is 0. The number of allylic oxidation sites excluding steroid dienone is 1. The van der Waals surface area contributed by atoms with Crippen molar-refractivity contribution in [2.24, 2.45) is 5.73 Å². The molecule has 0 aromatic heterocycles. The maximum absolute atomic E-state index is 10.8. The van der Waals surface area contributed by atoms with Gasteiger partial charge in [-0.1, -0.05) is 0 Å². The van der Waals surface area contributed by atoms with Crippen molar-refractivity contribution in [3.63, 3.8) is 0 Å². The standard InChI is InChI=1S/C7H7N3O2/c1-2-12-7(11)6(10)5(3-8)4-9/h2,10H2,1H3. The summed E-state index contributed by atoms with van der Waals surface area (Å²) in [5.41, 5.74) is 4.26. The van der Waals surface area contributed by atoms with Crippen LogP contribution in [-0.2, 0) is 9.53 Å². The van der Waals surface area contributed by atoms with Crippen molar-refractivity contribution in [3.8, 4) is 12.1 Å². The number of carbonyl (C=O) groups excluding carboxylic acids is 1. The fourth-order valence-corrected chi connectivity index (χ4v) is 0.456. The number of rotatable bonds is 2. The Bertz CT molecular complexity index is 277. The highest BCUT2D eigenvalue weighted by atomic mass is 16.5. The van der Waals surface area contributed by atoms with Gasteiger partial charge in [-0.15, -0.1) is 0 Å². The van der Waals surface area contributed by atoms with Crippen molar-refractivity contribution in [1.29, 1.82) is 10.5 Å². The maximum atomic E-state index is 10.8. The molecule has 5 nitrogen and oxygen atoms in total. The van der Waals surface area contributed by atoms with E-state index in [4.69, 9.17) is 16.3 Å². The molecule has 0 aromatic carbocycles. The predicted octanol–water partition coefficient (Wildman–Crippen LogP) is -0.191. The van der Waals surface area contributed by atoms with Gasteiger partial charge in [-0.05, 0) is 6.92 Å². The molecule has 0 aliphatic heterocycles. The Morgan fingerprint density at radius 3 is 2.33 bits per heavy atom. The van der Waals surface area contributed by atoms with Gasteiger partial charge in [-0.3, -0.25) is 0 Å². The van der Waals surface area contributed by atoms with Gasteiger partial charge < -0.3 is 10.5 Å². The molecule has 0 rings (SSSR count). The molecule has 5 heteroatoms. The lowest BCUT2D eigenvalue weighted by atomic mass is 10.2. The van der Waals surface area contributed by atoms with E-state index in [0.29, 0.717) is 0 Å². The lowest BCUT2D eigenvalue weighted by Crippen LogP contribution is -2.16. The Morgan fingerprint density at radius 1 is 1.50 bits per heavy atom. The van der Waals surface area contributed by atoms with Crippen molar-refractivity contribution < 1.29 is 9.53 Å². The van der Waals surface area contributed by atoms with Crippen LogP contribution < -0.4 is 5.73 Å². The minimum atomic E-state index is -0.837. The molecule has 0 unspecified atom stereocenters. The second-order valence-corrected chi connectivity index (χ2v) is 1.73. The first kappa shape index (κ1) is 9.99. The van der Waals surface area contributed by atoms with E-state index < -0.39 is 17.2 Å². The minimum absolute atomic E-state index is 0.156. The van der Waals surface area contributed by atoms with Crippen molar-refractivity contribution >= 4 is 5.97 Å². The quantitative estimate of drug-likeness (QED) is 0.347. The van der Waals surface area contributed by atoms with Crippen molar-refractivity contribution in [1.82, 2.24) is 0 Å². The SMILES string of the molecule is CCOC(=O)C(N)=C(C#N)C#N. The van der Waals surface area contributed by atoms with Crippen LogP contribution in [-0.4, -0.2) is 12.6 Å². The molecule has 0 bridgehead atoms. The Balaban J connectivity index is 4.69. The largest absolute Gasteiger partial charge is 0.461 e. The van der Waals surface area contributed by atoms with Crippen LogP contribution in [0.2, 0.25) is 0 Å². The molecule has 2 N–H and O–H groups in total. The number of carbonyl (C=O) groups is 1. The molecular formula is C7H7N3O2. The molecule has 0 fully saturated rings. The second-order valence-electron chi connectivity index (χ2n) is 1.73. The van der Waals surface area contributed by atoms with Crippen LogP contribution in [0.4, 0.5) is 0 Å².